The van der Waals surface area contributed by atoms with E-state index < -0.39 is 11.8 Å². The van der Waals surface area contributed by atoms with E-state index in [1.54, 1.807) is 25.1 Å². The van der Waals surface area contributed by atoms with Crippen molar-refractivity contribution >= 4 is 35.3 Å². The summed E-state index contributed by atoms with van der Waals surface area (Å²) in [5, 5.41) is 6.89. The Balaban J connectivity index is 1.91. The van der Waals surface area contributed by atoms with Gasteiger partial charge in [0.05, 0.1) is 6.21 Å². The molecule has 6 heteroatoms. The van der Waals surface area contributed by atoms with Gasteiger partial charge in [-0.2, -0.15) is 5.10 Å². The molecule has 2 aromatic carbocycles. The van der Waals surface area contributed by atoms with Gasteiger partial charge in [-0.25, -0.2) is 5.43 Å². The molecule has 0 aliphatic rings. The summed E-state index contributed by atoms with van der Waals surface area (Å²) in [6.07, 6.45) is 1.49. The zero-order valence-corrected chi connectivity index (χ0v) is 15.1. The third kappa shape index (κ3) is 5.43. The fourth-order valence-electron chi connectivity index (χ4n) is 2.13. The second-order valence-corrected chi connectivity index (χ2v) is 6.37. The molecule has 2 N–H and O–H groups in total. The summed E-state index contributed by atoms with van der Waals surface area (Å²) >= 11 is 5.86. The van der Waals surface area contributed by atoms with Crippen LogP contribution in [-0.4, -0.2) is 18.0 Å². The van der Waals surface area contributed by atoms with Crippen molar-refractivity contribution in [2.45, 2.75) is 26.7 Å². The molecule has 0 aromatic heterocycles. The van der Waals surface area contributed by atoms with E-state index in [0.717, 1.165) is 11.1 Å². The Morgan fingerprint density at radius 2 is 1.76 bits per heavy atom. The van der Waals surface area contributed by atoms with E-state index in [4.69, 9.17) is 11.6 Å². The van der Waals surface area contributed by atoms with Crippen molar-refractivity contribution < 1.29 is 9.59 Å². The molecule has 0 fully saturated rings. The predicted octanol–water partition coefficient (Wildman–Crippen LogP) is 3.86. The number of carbonyl (C=O) groups is 2. The lowest BCUT2D eigenvalue weighted by Crippen LogP contribution is -2.32. The predicted molar refractivity (Wildman–Crippen MR) is 101 cm³/mol. The fourth-order valence-corrected chi connectivity index (χ4v) is 2.36. The number of nitrogens with zero attached hydrogens (tertiary/aromatic N) is 1. The average Bonchev–Trinajstić information content (AvgIpc) is 2.57. The molecular weight excluding hydrogens is 338 g/mol. The molecule has 0 bridgehead atoms. The summed E-state index contributed by atoms with van der Waals surface area (Å²) in [4.78, 5) is 23.7. The highest BCUT2D eigenvalue weighted by molar-refractivity contribution is 6.39. The molecule has 0 aliphatic heterocycles. The minimum Gasteiger partial charge on any atom is -0.317 e. The fraction of sp³-hybridized carbons (Fsp3) is 0.211. The van der Waals surface area contributed by atoms with E-state index in [-0.39, 0.29) is 0 Å². The third-order valence-corrected chi connectivity index (χ3v) is 3.86. The number of halogens is 1. The first-order valence-corrected chi connectivity index (χ1v) is 8.25. The molecule has 0 unspecified atom stereocenters. The summed E-state index contributed by atoms with van der Waals surface area (Å²) in [6, 6.07) is 12.8. The number of hydrogen-bond donors (Lipinski definition) is 2. The van der Waals surface area contributed by atoms with Crippen LogP contribution in [-0.2, 0) is 9.59 Å². The summed E-state index contributed by atoms with van der Waals surface area (Å²) in [6.45, 7) is 6.02. The van der Waals surface area contributed by atoms with Gasteiger partial charge in [-0.3, -0.25) is 9.59 Å². The number of rotatable bonds is 4. The second-order valence-electron chi connectivity index (χ2n) is 5.93. The van der Waals surface area contributed by atoms with Crippen molar-refractivity contribution in [2.75, 3.05) is 5.32 Å². The maximum Gasteiger partial charge on any atom is 0.329 e. The first-order chi connectivity index (χ1) is 11.9. The highest BCUT2D eigenvalue weighted by Gasteiger charge is 2.13. The van der Waals surface area contributed by atoms with Gasteiger partial charge in [0.15, 0.2) is 0 Å². The van der Waals surface area contributed by atoms with Crippen molar-refractivity contribution in [3.63, 3.8) is 0 Å². The molecular formula is C19H20ClN3O2. The summed E-state index contributed by atoms with van der Waals surface area (Å²) < 4.78 is 0. The van der Waals surface area contributed by atoms with E-state index in [2.05, 4.69) is 29.7 Å². The Hall–Kier alpha value is -2.66. The van der Waals surface area contributed by atoms with Gasteiger partial charge in [-0.1, -0.05) is 49.7 Å². The van der Waals surface area contributed by atoms with Crippen molar-refractivity contribution in [1.82, 2.24) is 5.43 Å². The van der Waals surface area contributed by atoms with E-state index in [1.165, 1.54) is 11.8 Å². The highest BCUT2D eigenvalue weighted by atomic mass is 35.5. The van der Waals surface area contributed by atoms with Crippen molar-refractivity contribution in [3.8, 4) is 0 Å². The monoisotopic (exact) mass is 357 g/mol. The van der Waals surface area contributed by atoms with Gasteiger partial charge in [0.25, 0.3) is 0 Å². The maximum absolute atomic E-state index is 11.9. The molecule has 2 aromatic rings. The summed E-state index contributed by atoms with van der Waals surface area (Å²) in [7, 11) is 0. The van der Waals surface area contributed by atoms with Crippen molar-refractivity contribution in [1.29, 1.82) is 0 Å². The van der Waals surface area contributed by atoms with Crippen molar-refractivity contribution in [3.05, 3.63) is 64.2 Å². The van der Waals surface area contributed by atoms with Gasteiger partial charge in [-0.05, 0) is 47.7 Å². The van der Waals surface area contributed by atoms with E-state index in [0.29, 0.717) is 16.6 Å². The van der Waals surface area contributed by atoms with Crippen LogP contribution in [0.25, 0.3) is 0 Å². The average molecular weight is 358 g/mol. The smallest absolute Gasteiger partial charge is 0.317 e. The van der Waals surface area contributed by atoms with Crippen LogP contribution in [0.5, 0.6) is 0 Å². The number of benzene rings is 2. The Bertz CT molecular complexity index is 799. The van der Waals surface area contributed by atoms with Gasteiger partial charge in [0.2, 0.25) is 0 Å². The Morgan fingerprint density at radius 1 is 1.08 bits per heavy atom. The van der Waals surface area contributed by atoms with Gasteiger partial charge in [0.1, 0.15) is 0 Å². The molecule has 130 valence electrons. The molecule has 2 amide bonds. The molecule has 0 spiro atoms. The molecule has 0 atom stereocenters. The molecule has 2 rings (SSSR count). The largest absolute Gasteiger partial charge is 0.329 e. The Morgan fingerprint density at radius 3 is 2.36 bits per heavy atom. The van der Waals surface area contributed by atoms with E-state index >= 15 is 0 Å². The van der Waals surface area contributed by atoms with Crippen molar-refractivity contribution in [2.24, 2.45) is 5.10 Å². The first-order valence-electron chi connectivity index (χ1n) is 7.87. The van der Waals surface area contributed by atoms with E-state index in [1.807, 2.05) is 24.3 Å². The van der Waals surface area contributed by atoms with Crippen LogP contribution < -0.4 is 10.7 Å². The SMILES string of the molecule is Cc1cc(Cl)ccc1NC(=O)C(=O)NN=Cc1ccc(C(C)C)cc1. The molecule has 0 saturated heterocycles. The number of nitrogens with one attached hydrogen (secondary N) is 2. The Labute approximate surface area is 152 Å². The van der Waals surface area contributed by atoms with Crippen LogP contribution in [0.15, 0.2) is 47.6 Å². The van der Waals surface area contributed by atoms with Crippen LogP contribution in [0.2, 0.25) is 5.02 Å². The van der Waals surface area contributed by atoms with Crippen LogP contribution >= 0.6 is 11.6 Å². The minimum absolute atomic E-state index is 0.450. The van der Waals surface area contributed by atoms with Gasteiger partial charge < -0.3 is 5.32 Å². The van der Waals surface area contributed by atoms with Crippen LogP contribution in [0.1, 0.15) is 36.5 Å². The van der Waals surface area contributed by atoms with Gasteiger partial charge in [-0.15, -0.1) is 0 Å². The highest BCUT2D eigenvalue weighted by Crippen LogP contribution is 2.19. The van der Waals surface area contributed by atoms with Crippen LogP contribution in [0.3, 0.4) is 0 Å². The number of anilines is 1. The zero-order valence-electron chi connectivity index (χ0n) is 14.3. The third-order valence-electron chi connectivity index (χ3n) is 3.63. The summed E-state index contributed by atoms with van der Waals surface area (Å²) in [5.74, 6) is -1.19. The van der Waals surface area contributed by atoms with Crippen LogP contribution in [0.4, 0.5) is 5.69 Å². The number of hydrazone groups is 1. The van der Waals surface area contributed by atoms with E-state index in [9.17, 15) is 9.59 Å². The zero-order chi connectivity index (χ0) is 18.4. The number of hydrogen-bond acceptors (Lipinski definition) is 3. The lowest BCUT2D eigenvalue weighted by Gasteiger charge is -2.07. The Kier molecular flexibility index (Phi) is 6.31. The van der Waals surface area contributed by atoms with Crippen LogP contribution in [0, 0.1) is 6.92 Å². The first kappa shape index (κ1) is 18.7. The molecule has 25 heavy (non-hydrogen) atoms. The maximum atomic E-state index is 11.9. The second kappa shape index (κ2) is 8.44. The molecule has 0 radical (unpaired) electrons. The molecule has 0 heterocycles. The summed E-state index contributed by atoms with van der Waals surface area (Å²) in [5.41, 5.74) is 5.56. The molecule has 0 aliphatic carbocycles. The van der Waals surface area contributed by atoms with Gasteiger partial charge in [0, 0.05) is 10.7 Å². The lowest BCUT2D eigenvalue weighted by molar-refractivity contribution is -0.136. The minimum atomic E-state index is -0.843. The molecule has 0 saturated carbocycles. The lowest BCUT2D eigenvalue weighted by atomic mass is 10.0. The number of aryl methyl sites for hydroxylation is 1. The quantitative estimate of drug-likeness (QED) is 0.495. The van der Waals surface area contributed by atoms with Gasteiger partial charge >= 0.3 is 11.8 Å². The molecule has 5 nitrogen and oxygen atoms in total. The number of carbonyl (C=O) groups excluding carboxylic acids is 2. The number of amides is 2. The topological polar surface area (TPSA) is 70.6 Å². The standard InChI is InChI=1S/C19H20ClN3O2/c1-12(2)15-6-4-14(5-7-15)11-21-23-19(25)18(24)22-17-9-8-16(20)10-13(17)3/h4-12H,1-3H3,(H,22,24)(H,23,25). The normalized spacial score (nSPS) is 10.9.